The van der Waals surface area contributed by atoms with E-state index in [1.54, 1.807) is 12.1 Å². The van der Waals surface area contributed by atoms with Gasteiger partial charge < -0.3 is 0 Å². The molecule has 0 aliphatic carbocycles. The van der Waals surface area contributed by atoms with Crippen molar-refractivity contribution in [3.05, 3.63) is 51.3 Å². The number of alkyl halides is 2. The number of halogens is 4. The van der Waals surface area contributed by atoms with E-state index in [4.69, 9.17) is 28.0 Å². The molecule has 1 aromatic carbocycles. The second-order valence-corrected chi connectivity index (χ2v) is 5.51. The molecule has 23 heavy (non-hydrogen) atoms. The summed E-state index contributed by atoms with van der Waals surface area (Å²) in [4.78, 5) is 17.5. The minimum Gasteiger partial charge on any atom is -0.275 e. The Morgan fingerprint density at radius 1 is 1.43 bits per heavy atom. The van der Waals surface area contributed by atoms with Crippen molar-refractivity contribution in [2.75, 3.05) is 7.11 Å². The molecular weight excluding hydrogens is 351 g/mol. The van der Waals surface area contributed by atoms with Gasteiger partial charge >= 0.3 is 0 Å². The van der Waals surface area contributed by atoms with Crippen molar-refractivity contribution in [3.8, 4) is 0 Å². The largest absolute Gasteiger partial charge is 0.282 e. The van der Waals surface area contributed by atoms with E-state index in [0.717, 1.165) is 9.75 Å². The predicted octanol–water partition coefficient (Wildman–Crippen LogP) is 3.87. The molecule has 9 heteroatoms. The Balaban J connectivity index is 2.28. The number of aryl methyl sites for hydroxylation is 1. The maximum Gasteiger partial charge on any atom is 0.282 e. The summed E-state index contributed by atoms with van der Waals surface area (Å²) in [5.74, 6) is -0.734. The molecule has 5 nitrogen and oxygen atoms in total. The molecule has 0 aliphatic heterocycles. The fourth-order valence-corrected chi connectivity index (χ4v) is 2.46. The molecule has 0 aliphatic rings. The van der Waals surface area contributed by atoms with E-state index in [9.17, 15) is 13.6 Å². The summed E-state index contributed by atoms with van der Waals surface area (Å²) >= 11 is 11.9. The first-order chi connectivity index (χ1) is 10.8. The van der Waals surface area contributed by atoms with Crippen LogP contribution in [0.15, 0.2) is 24.4 Å². The Bertz CT molecular complexity index is 722. The average Bonchev–Trinajstić information content (AvgIpc) is 2.88. The number of benzene rings is 1. The highest BCUT2D eigenvalue weighted by atomic mass is 35.5. The molecule has 0 saturated heterocycles. The zero-order chi connectivity index (χ0) is 17.1. The normalized spacial score (nSPS) is 11.1. The molecule has 0 unspecified atom stereocenters. The summed E-state index contributed by atoms with van der Waals surface area (Å²) in [6.45, 7) is -0.0249. The number of carbonyl (C=O) groups excluding carboxylic acids is 1. The molecule has 2 rings (SSSR count). The predicted molar refractivity (Wildman–Crippen MR) is 81.5 cm³/mol. The van der Waals surface area contributed by atoms with Crippen LogP contribution in [0.1, 0.15) is 28.0 Å². The van der Waals surface area contributed by atoms with Gasteiger partial charge in [0, 0.05) is 23.3 Å². The maximum absolute atomic E-state index is 13.0. The summed E-state index contributed by atoms with van der Waals surface area (Å²) in [7, 11) is 2.72. The minimum absolute atomic E-state index is 0.0249. The summed E-state index contributed by atoms with van der Waals surface area (Å²) < 4.78 is 27.1. The van der Waals surface area contributed by atoms with Crippen LogP contribution in [-0.2, 0) is 18.4 Å². The highest BCUT2D eigenvalue weighted by Crippen LogP contribution is 2.25. The van der Waals surface area contributed by atoms with Gasteiger partial charge in [0.15, 0.2) is 0 Å². The van der Waals surface area contributed by atoms with Crippen LogP contribution >= 0.6 is 23.2 Å². The maximum atomic E-state index is 13.0. The zero-order valence-electron chi connectivity index (χ0n) is 12.3. The molecule has 0 saturated carbocycles. The zero-order valence-corrected chi connectivity index (χ0v) is 13.8. The smallest absolute Gasteiger partial charge is 0.275 e. The lowest BCUT2D eigenvalue weighted by molar-refractivity contribution is -0.102. The average molecular weight is 364 g/mol. The highest BCUT2D eigenvalue weighted by molar-refractivity contribution is 6.35. The summed E-state index contributed by atoms with van der Waals surface area (Å²) in [6, 6.07) is 4.75. The van der Waals surface area contributed by atoms with E-state index in [0.29, 0.717) is 15.6 Å². The topological polar surface area (TPSA) is 47.4 Å². The Labute approximate surface area is 141 Å². The van der Waals surface area contributed by atoms with Crippen LogP contribution in [0.2, 0.25) is 10.0 Å². The summed E-state index contributed by atoms with van der Waals surface area (Å²) in [5, 5.41) is 5.32. The molecule has 1 amide bonds. The Kier molecular flexibility index (Phi) is 5.56. The van der Waals surface area contributed by atoms with Crippen LogP contribution in [-0.4, -0.2) is 27.9 Å². The minimum atomic E-state index is -2.87. The number of rotatable bonds is 5. The van der Waals surface area contributed by atoms with Crippen molar-refractivity contribution in [3.63, 3.8) is 0 Å². The fraction of sp³-hybridized carbons (Fsp3) is 0.286. The molecule has 0 N–H and O–H groups in total. The van der Waals surface area contributed by atoms with Crippen LogP contribution in [0.25, 0.3) is 0 Å². The number of hydroxylamine groups is 2. The van der Waals surface area contributed by atoms with E-state index < -0.39 is 18.0 Å². The lowest BCUT2D eigenvalue weighted by Crippen LogP contribution is -2.30. The number of amides is 1. The van der Waals surface area contributed by atoms with Gasteiger partial charge in [-0.05, 0) is 17.7 Å². The van der Waals surface area contributed by atoms with E-state index in [1.807, 2.05) is 0 Å². The van der Waals surface area contributed by atoms with Gasteiger partial charge in [-0.1, -0.05) is 29.3 Å². The third kappa shape index (κ3) is 3.99. The van der Waals surface area contributed by atoms with Crippen molar-refractivity contribution < 1.29 is 18.4 Å². The number of carbonyl (C=O) groups is 1. The van der Waals surface area contributed by atoms with Gasteiger partial charge in [0.2, 0.25) is 0 Å². The Hall–Kier alpha value is -1.70. The molecule has 0 atom stereocenters. The monoisotopic (exact) mass is 363 g/mol. The number of nitrogens with zero attached hydrogens (tertiary/aromatic N) is 3. The van der Waals surface area contributed by atoms with Gasteiger partial charge in [-0.3, -0.25) is 14.3 Å². The molecule has 0 radical (unpaired) electrons. The lowest BCUT2D eigenvalue weighted by atomic mass is 10.2. The van der Waals surface area contributed by atoms with Gasteiger partial charge in [-0.15, -0.1) is 0 Å². The molecule has 1 aromatic heterocycles. The first-order valence-electron chi connectivity index (χ1n) is 6.45. The fourth-order valence-electron chi connectivity index (χ4n) is 1.99. The molecule has 1 heterocycles. The van der Waals surface area contributed by atoms with Crippen LogP contribution in [0.4, 0.5) is 8.78 Å². The lowest BCUT2D eigenvalue weighted by Gasteiger charge is -2.20. The van der Waals surface area contributed by atoms with Crippen molar-refractivity contribution in [1.82, 2.24) is 14.8 Å². The molecule has 0 fully saturated rings. The van der Waals surface area contributed by atoms with Crippen molar-refractivity contribution in [2.24, 2.45) is 7.05 Å². The van der Waals surface area contributed by atoms with Crippen molar-refractivity contribution in [1.29, 1.82) is 0 Å². The SMILES string of the molecule is CON(Cc1ccc(Cl)cc1Cl)C(=O)c1cn(C)nc1C(F)F. The van der Waals surface area contributed by atoms with Crippen LogP contribution in [0, 0.1) is 0 Å². The standard InChI is InChI=1S/C14H13Cl2F2N3O2/c1-20-7-10(12(19-20)13(17)18)14(22)21(23-2)6-8-3-4-9(15)5-11(8)16/h3-5,7,13H,6H2,1-2H3. The van der Waals surface area contributed by atoms with Crippen molar-refractivity contribution >= 4 is 29.1 Å². The third-order valence-corrected chi connectivity index (χ3v) is 3.66. The van der Waals surface area contributed by atoms with Gasteiger partial charge in [0.05, 0.1) is 19.2 Å². The number of hydrogen-bond acceptors (Lipinski definition) is 3. The first-order valence-corrected chi connectivity index (χ1v) is 7.20. The van der Waals surface area contributed by atoms with E-state index >= 15 is 0 Å². The van der Waals surface area contributed by atoms with Gasteiger partial charge in [-0.2, -0.15) is 5.10 Å². The number of aromatic nitrogens is 2. The van der Waals surface area contributed by atoms with Gasteiger partial charge in [0.25, 0.3) is 12.3 Å². The van der Waals surface area contributed by atoms with E-state index in [1.165, 1.54) is 26.4 Å². The summed E-state index contributed by atoms with van der Waals surface area (Å²) in [6.07, 6.45) is -1.65. The third-order valence-electron chi connectivity index (χ3n) is 3.07. The Morgan fingerprint density at radius 3 is 2.70 bits per heavy atom. The first kappa shape index (κ1) is 17.7. The van der Waals surface area contributed by atoms with Crippen LogP contribution < -0.4 is 0 Å². The van der Waals surface area contributed by atoms with E-state index in [-0.39, 0.29) is 12.1 Å². The highest BCUT2D eigenvalue weighted by Gasteiger charge is 2.27. The molecule has 0 spiro atoms. The van der Waals surface area contributed by atoms with Crippen LogP contribution in [0.3, 0.4) is 0 Å². The molecule has 124 valence electrons. The second kappa shape index (κ2) is 7.25. The quantitative estimate of drug-likeness (QED) is 0.757. The molecular formula is C14H13Cl2F2N3O2. The molecule has 2 aromatic rings. The van der Waals surface area contributed by atoms with Crippen LogP contribution in [0.5, 0.6) is 0 Å². The van der Waals surface area contributed by atoms with Gasteiger partial charge in [0.1, 0.15) is 5.69 Å². The van der Waals surface area contributed by atoms with Crippen molar-refractivity contribution in [2.45, 2.75) is 13.0 Å². The second-order valence-electron chi connectivity index (χ2n) is 4.66. The summed E-state index contributed by atoms with van der Waals surface area (Å²) in [5.41, 5.74) is -0.259. The van der Waals surface area contributed by atoms with E-state index in [2.05, 4.69) is 5.10 Å². The Morgan fingerprint density at radius 2 is 2.13 bits per heavy atom. The molecule has 0 bridgehead atoms. The van der Waals surface area contributed by atoms with Gasteiger partial charge in [-0.25, -0.2) is 13.8 Å². The number of hydrogen-bond donors (Lipinski definition) is 0.